The molecule has 0 N–H and O–H groups in total. The van der Waals surface area contributed by atoms with Gasteiger partial charge in [-0.05, 0) is 0 Å². The predicted molar refractivity (Wildman–Crippen MR) is 225 cm³/mol. The van der Waals surface area contributed by atoms with Crippen LogP contribution >= 0.6 is 24.8 Å². The van der Waals surface area contributed by atoms with Crippen LogP contribution in [0.3, 0.4) is 0 Å². The van der Waals surface area contributed by atoms with E-state index in [1.807, 2.05) is 0 Å². The molecule has 0 aliphatic heterocycles. The summed E-state index contributed by atoms with van der Waals surface area (Å²) in [6.45, 7) is 14.1. The fraction of sp³-hybridized carbons (Fsp3) is 0.391. The summed E-state index contributed by atoms with van der Waals surface area (Å²) in [7, 11) is 0. The first-order valence-corrected chi connectivity index (χ1v) is 32.6. The molecule has 50 heavy (non-hydrogen) atoms. The van der Waals surface area contributed by atoms with Crippen LogP contribution in [0.5, 0.6) is 0 Å². The number of allylic oxidation sites excluding steroid dienone is 2. The van der Waals surface area contributed by atoms with Crippen molar-refractivity contribution in [2.45, 2.75) is 101 Å². The van der Waals surface area contributed by atoms with Crippen LogP contribution in [-0.2, 0) is 17.4 Å². The van der Waals surface area contributed by atoms with Gasteiger partial charge in [0.2, 0.25) is 0 Å². The molecule has 2 unspecified atom stereocenters. The van der Waals surface area contributed by atoms with Crippen molar-refractivity contribution in [3.63, 3.8) is 0 Å². The molecule has 4 aromatic carbocycles. The molecule has 1 saturated carbocycles. The van der Waals surface area contributed by atoms with Gasteiger partial charge in [0, 0.05) is 0 Å². The Kier molecular flexibility index (Phi) is 11.9. The standard InChI is InChI=1S/C24H27.C20H21.2CH3.2ClH.H2Si.Zr/c1-17(2)18-11-13-20(14-12-18)23-10-6-9-21-15-22(16-24(21)23)19-7-4-3-5-8-19;1-4-15-12-18-6-5-7-19(20(18)13-15)17-10-8-16(9-11-17)14(2)3;;;;;;/h6,9-17,19H,3-5,7-8H2,1-2H3;5-14H,4H2,1-3H3;2*1H3;2*1H;1H2;. The Labute approximate surface area is 318 Å². The molecule has 0 nitrogen and oxygen atoms in total. The van der Waals surface area contributed by atoms with E-state index in [0.717, 1.165) is 6.42 Å². The zero-order valence-corrected chi connectivity index (χ0v) is 36.9. The molecule has 4 heteroatoms. The predicted octanol–water partition coefficient (Wildman–Crippen LogP) is 14.0. The summed E-state index contributed by atoms with van der Waals surface area (Å²) in [6.07, 6.45) is 13.4. The third-order valence-corrected chi connectivity index (χ3v) is 29.8. The van der Waals surface area contributed by atoms with Gasteiger partial charge in [-0.2, -0.15) is 0 Å². The Morgan fingerprint density at radius 2 is 1.08 bits per heavy atom. The average Bonchev–Trinajstić information content (AvgIpc) is 3.69. The molecule has 264 valence electrons. The van der Waals surface area contributed by atoms with Crippen molar-refractivity contribution >= 4 is 43.8 Å². The number of halogens is 2. The quantitative estimate of drug-likeness (QED) is 0.156. The molecule has 0 bridgehead atoms. The smallest absolute Gasteiger partial charge is 0.147 e. The van der Waals surface area contributed by atoms with Crippen molar-refractivity contribution in [1.82, 2.24) is 0 Å². The largest absolute Gasteiger partial charge is 0.147 e. The first-order valence-electron chi connectivity index (χ1n) is 18.9. The summed E-state index contributed by atoms with van der Waals surface area (Å²) in [5, 5.41) is 0. The van der Waals surface area contributed by atoms with E-state index in [2.05, 4.69) is 148 Å². The second kappa shape index (κ2) is 15.2. The summed E-state index contributed by atoms with van der Waals surface area (Å²) >= 11 is -3.72. The van der Waals surface area contributed by atoms with Gasteiger partial charge in [0.1, 0.15) is 0 Å². The maximum Gasteiger partial charge on any atom is -0.147 e. The van der Waals surface area contributed by atoms with E-state index < -0.39 is 17.4 Å². The molecule has 0 radical (unpaired) electrons. The van der Waals surface area contributed by atoms with Crippen molar-refractivity contribution in [3.05, 3.63) is 129 Å². The van der Waals surface area contributed by atoms with E-state index in [9.17, 15) is 0 Å². The van der Waals surface area contributed by atoms with Gasteiger partial charge in [-0.15, -0.1) is 24.8 Å². The molecule has 7 rings (SSSR count). The molecule has 0 spiro atoms. The zero-order valence-electron chi connectivity index (χ0n) is 31.4. The fourth-order valence-electron chi connectivity index (χ4n) is 9.93. The Balaban J connectivity index is 0.00000243. The molecular formula is C46H58Cl2SiZr. The molecule has 4 aromatic rings. The van der Waals surface area contributed by atoms with Gasteiger partial charge < -0.3 is 0 Å². The second-order valence-corrected chi connectivity index (χ2v) is 47.5. The minimum absolute atomic E-state index is 0. The fourth-order valence-corrected chi connectivity index (χ4v) is 29.7. The van der Waals surface area contributed by atoms with E-state index >= 15 is 0 Å². The molecule has 1 fully saturated rings. The molecule has 0 aromatic heterocycles. The Morgan fingerprint density at radius 3 is 1.54 bits per heavy atom. The van der Waals surface area contributed by atoms with Crippen LogP contribution in [0.15, 0.2) is 96.1 Å². The van der Waals surface area contributed by atoms with Gasteiger partial charge in [0.15, 0.2) is 0 Å². The zero-order chi connectivity index (χ0) is 33.8. The average molecular weight is 801 g/mol. The summed E-state index contributed by atoms with van der Waals surface area (Å²) < 4.78 is 6.80. The van der Waals surface area contributed by atoms with E-state index in [0.29, 0.717) is 25.0 Å². The Bertz CT molecular complexity index is 1970. The normalized spacial score (nSPS) is 19.0. The summed E-state index contributed by atoms with van der Waals surface area (Å²) in [5.74, 6) is 1.81. The van der Waals surface area contributed by atoms with Crippen LogP contribution in [0.2, 0.25) is 9.26 Å². The summed E-state index contributed by atoms with van der Waals surface area (Å²) in [6, 6.07) is 33.4. The Morgan fingerprint density at radius 1 is 0.620 bits per heavy atom. The van der Waals surface area contributed by atoms with E-state index in [1.165, 1.54) is 76.6 Å². The molecule has 0 heterocycles. The second-order valence-electron chi connectivity index (χ2n) is 17.0. The topological polar surface area (TPSA) is 0 Å². The Hall–Kier alpha value is -1.96. The van der Waals surface area contributed by atoms with Gasteiger partial charge in [0.25, 0.3) is 0 Å². The molecule has 3 aliphatic carbocycles. The first-order chi connectivity index (χ1) is 23.0. The SMILES string of the molecule is CCC1=Cc2c(-c3ccc(C(C)C)cc3)cccc2[CH]1[Zr]([CH3])([CH3])(=[SiH2])[CH]1C(C2CCCCC2)=Cc2c(-c3ccc(C(C)C)cc3)cccc21.Cl.Cl. The monoisotopic (exact) mass is 798 g/mol. The van der Waals surface area contributed by atoms with Crippen molar-refractivity contribution in [3.8, 4) is 22.3 Å². The third-order valence-electron chi connectivity index (χ3n) is 12.4. The molecule has 0 saturated heterocycles. The van der Waals surface area contributed by atoms with Crippen molar-refractivity contribution in [2.75, 3.05) is 0 Å². The van der Waals surface area contributed by atoms with Crippen molar-refractivity contribution in [2.24, 2.45) is 5.92 Å². The minimum atomic E-state index is -3.72. The number of benzene rings is 4. The third kappa shape index (κ3) is 6.94. The van der Waals surface area contributed by atoms with E-state index in [-0.39, 0.29) is 24.8 Å². The summed E-state index contributed by atoms with van der Waals surface area (Å²) in [4.78, 5) is 0. The van der Waals surface area contributed by atoms with Gasteiger partial charge in [-0.1, -0.05) is 0 Å². The van der Waals surface area contributed by atoms with Crippen LogP contribution in [0.4, 0.5) is 0 Å². The van der Waals surface area contributed by atoms with Crippen LogP contribution < -0.4 is 0 Å². The van der Waals surface area contributed by atoms with Gasteiger partial charge in [-0.25, -0.2) is 0 Å². The molecule has 2 atom stereocenters. The number of hydrogen-bond acceptors (Lipinski definition) is 0. The maximum atomic E-state index is 2.84. The molecule has 3 aliphatic rings. The van der Waals surface area contributed by atoms with E-state index in [1.54, 1.807) is 22.3 Å². The number of hydrogen-bond donors (Lipinski definition) is 0. The summed E-state index contributed by atoms with van der Waals surface area (Å²) in [5.41, 5.74) is 18.1. The van der Waals surface area contributed by atoms with Crippen LogP contribution in [0.1, 0.15) is 126 Å². The van der Waals surface area contributed by atoms with Crippen LogP contribution in [-0.4, -0.2) is 6.88 Å². The number of rotatable bonds is 8. The van der Waals surface area contributed by atoms with Gasteiger partial charge >= 0.3 is 296 Å². The van der Waals surface area contributed by atoms with E-state index in [4.69, 9.17) is 0 Å². The number of fused-ring (bicyclic) bond motifs is 2. The van der Waals surface area contributed by atoms with Crippen LogP contribution in [0.25, 0.3) is 34.4 Å². The van der Waals surface area contributed by atoms with Gasteiger partial charge in [-0.3, -0.25) is 0 Å². The van der Waals surface area contributed by atoms with Crippen LogP contribution in [0, 0.1) is 5.92 Å². The first kappa shape index (κ1) is 39.3. The molecule has 0 amide bonds. The molecular weight excluding hydrogens is 743 g/mol. The maximum absolute atomic E-state index is 3.72. The van der Waals surface area contributed by atoms with Crippen molar-refractivity contribution < 1.29 is 17.4 Å². The van der Waals surface area contributed by atoms with Crippen molar-refractivity contribution in [1.29, 1.82) is 0 Å². The minimum Gasteiger partial charge on any atom is -0.147 e. The van der Waals surface area contributed by atoms with Gasteiger partial charge in [0.05, 0.1) is 0 Å².